The lowest BCUT2D eigenvalue weighted by molar-refractivity contribution is -0.129. The molecule has 112 valence electrons. The Morgan fingerprint density at radius 1 is 1.30 bits per heavy atom. The van der Waals surface area contributed by atoms with Crippen LogP contribution in [0.4, 0.5) is 11.6 Å². The minimum absolute atomic E-state index is 0.0195. The number of anilines is 2. The number of hydrogen-bond donors (Lipinski definition) is 2. The van der Waals surface area contributed by atoms with E-state index < -0.39 is 0 Å². The molecule has 0 aliphatic rings. The number of carbonyl (C=O) groups is 1. The first-order valence-electron chi connectivity index (χ1n) is 6.93. The third-order valence-corrected chi connectivity index (χ3v) is 3.07. The van der Waals surface area contributed by atoms with Crippen molar-refractivity contribution >= 4 is 17.5 Å². The summed E-state index contributed by atoms with van der Waals surface area (Å²) in [5.74, 6) is 2.33. The largest absolute Gasteiger partial charge is 0.373 e. The van der Waals surface area contributed by atoms with Gasteiger partial charge in [0.05, 0.1) is 0 Å². The number of amides is 1. The van der Waals surface area contributed by atoms with Gasteiger partial charge in [0.2, 0.25) is 5.91 Å². The number of nitrogens with one attached hydrogen (secondary N) is 2. The second kappa shape index (κ2) is 7.07. The quantitative estimate of drug-likeness (QED) is 0.829. The van der Waals surface area contributed by atoms with Crippen LogP contribution in [0.15, 0.2) is 0 Å². The molecule has 2 N–H and O–H groups in total. The van der Waals surface area contributed by atoms with Crippen molar-refractivity contribution in [2.75, 3.05) is 31.8 Å². The summed E-state index contributed by atoms with van der Waals surface area (Å²) in [4.78, 5) is 22.5. The molecule has 0 spiro atoms. The maximum atomic E-state index is 11.9. The fourth-order valence-electron chi connectivity index (χ4n) is 1.94. The highest BCUT2D eigenvalue weighted by molar-refractivity contribution is 5.84. The molecule has 0 aromatic carbocycles. The second-order valence-electron chi connectivity index (χ2n) is 5.06. The van der Waals surface area contributed by atoms with Gasteiger partial charge in [0.1, 0.15) is 23.5 Å². The van der Waals surface area contributed by atoms with Crippen LogP contribution < -0.4 is 10.6 Å². The van der Waals surface area contributed by atoms with Crippen LogP contribution in [0.25, 0.3) is 0 Å². The Kier molecular flexibility index (Phi) is 5.73. The number of carbonyl (C=O) groups excluding carboxylic acids is 1. The minimum Gasteiger partial charge on any atom is -0.373 e. The van der Waals surface area contributed by atoms with E-state index >= 15 is 0 Å². The highest BCUT2D eigenvalue weighted by atomic mass is 16.2. The molecule has 0 saturated heterocycles. The number of hydrogen-bond acceptors (Lipinski definition) is 5. The first-order chi connectivity index (χ1) is 9.40. The lowest BCUT2D eigenvalue weighted by atomic mass is 10.2. The maximum absolute atomic E-state index is 11.9. The van der Waals surface area contributed by atoms with E-state index in [9.17, 15) is 4.79 Å². The lowest BCUT2D eigenvalue weighted by Crippen LogP contribution is -2.37. The summed E-state index contributed by atoms with van der Waals surface area (Å²) in [5, 5.41) is 6.26. The molecule has 20 heavy (non-hydrogen) atoms. The molecule has 0 saturated carbocycles. The lowest BCUT2D eigenvalue weighted by Gasteiger charge is -2.20. The van der Waals surface area contributed by atoms with Gasteiger partial charge in [-0.3, -0.25) is 4.79 Å². The van der Waals surface area contributed by atoms with Crippen molar-refractivity contribution in [1.82, 2.24) is 14.9 Å². The molecule has 6 heteroatoms. The van der Waals surface area contributed by atoms with Gasteiger partial charge in [-0.15, -0.1) is 0 Å². The summed E-state index contributed by atoms with van der Waals surface area (Å²) < 4.78 is 0. The predicted octanol–water partition coefficient (Wildman–Crippen LogP) is 1.67. The van der Waals surface area contributed by atoms with Crippen molar-refractivity contribution in [3.05, 3.63) is 11.4 Å². The van der Waals surface area contributed by atoms with E-state index in [0.29, 0.717) is 0 Å². The van der Waals surface area contributed by atoms with Crippen molar-refractivity contribution in [3.63, 3.8) is 0 Å². The van der Waals surface area contributed by atoms with Crippen LogP contribution in [0.1, 0.15) is 31.7 Å². The molecule has 1 unspecified atom stereocenters. The smallest absolute Gasteiger partial charge is 0.244 e. The predicted molar refractivity (Wildman–Crippen MR) is 82.1 cm³/mol. The zero-order valence-corrected chi connectivity index (χ0v) is 13.2. The topological polar surface area (TPSA) is 70.2 Å². The molecule has 6 nitrogen and oxygen atoms in total. The fraction of sp³-hybridized carbons (Fsp3) is 0.643. The third-order valence-electron chi connectivity index (χ3n) is 3.07. The molecular weight excluding hydrogens is 254 g/mol. The Balaban J connectivity index is 3.04. The van der Waals surface area contributed by atoms with Crippen molar-refractivity contribution in [3.8, 4) is 0 Å². The van der Waals surface area contributed by atoms with Crippen molar-refractivity contribution in [2.45, 2.75) is 39.7 Å². The SMILES string of the molecule is CCCc1nc(NC)c(C)c(NC(C)C(=O)N(C)C)n1. The first-order valence-corrected chi connectivity index (χ1v) is 6.93. The zero-order chi connectivity index (χ0) is 15.3. The van der Waals surface area contributed by atoms with Gasteiger partial charge >= 0.3 is 0 Å². The summed E-state index contributed by atoms with van der Waals surface area (Å²) in [6.07, 6.45) is 1.80. The van der Waals surface area contributed by atoms with Crippen molar-refractivity contribution < 1.29 is 4.79 Å². The second-order valence-corrected chi connectivity index (χ2v) is 5.06. The van der Waals surface area contributed by atoms with E-state index in [2.05, 4.69) is 27.5 Å². The standard InChI is InChI=1S/C14H25N5O/c1-7-8-11-17-12(15-4)9(2)13(18-11)16-10(3)14(20)19(5)6/h10H,7-8H2,1-6H3,(H2,15,16,17,18). The zero-order valence-electron chi connectivity index (χ0n) is 13.2. The Bertz CT molecular complexity index is 473. The fourth-order valence-corrected chi connectivity index (χ4v) is 1.94. The molecule has 1 amide bonds. The van der Waals surface area contributed by atoms with Gasteiger partial charge in [0.15, 0.2) is 0 Å². The van der Waals surface area contributed by atoms with Crippen LogP contribution >= 0.6 is 0 Å². The van der Waals surface area contributed by atoms with Crippen LogP contribution in [0.2, 0.25) is 0 Å². The Morgan fingerprint density at radius 3 is 2.40 bits per heavy atom. The van der Waals surface area contributed by atoms with E-state index in [1.165, 1.54) is 0 Å². The van der Waals surface area contributed by atoms with E-state index in [1.807, 2.05) is 20.9 Å². The molecule has 0 aliphatic carbocycles. The highest BCUT2D eigenvalue weighted by Crippen LogP contribution is 2.21. The van der Waals surface area contributed by atoms with E-state index in [0.717, 1.165) is 35.9 Å². The van der Waals surface area contributed by atoms with E-state index in [-0.39, 0.29) is 11.9 Å². The molecule has 0 bridgehead atoms. The minimum atomic E-state index is -0.321. The summed E-state index contributed by atoms with van der Waals surface area (Å²) >= 11 is 0. The number of likely N-dealkylation sites (N-methyl/N-ethyl adjacent to an activating group) is 1. The average Bonchev–Trinajstić information content (AvgIpc) is 2.41. The molecule has 1 aromatic rings. The highest BCUT2D eigenvalue weighted by Gasteiger charge is 2.18. The van der Waals surface area contributed by atoms with Crippen LogP contribution in [0, 0.1) is 6.92 Å². The Labute approximate surface area is 121 Å². The van der Waals surface area contributed by atoms with Crippen LogP contribution in [-0.2, 0) is 11.2 Å². The number of nitrogens with zero attached hydrogens (tertiary/aromatic N) is 3. The van der Waals surface area contributed by atoms with Gasteiger partial charge < -0.3 is 15.5 Å². The van der Waals surface area contributed by atoms with Crippen LogP contribution in [-0.4, -0.2) is 48.0 Å². The Hall–Kier alpha value is -1.85. The van der Waals surface area contributed by atoms with E-state index in [4.69, 9.17) is 0 Å². The van der Waals surface area contributed by atoms with Crippen molar-refractivity contribution in [1.29, 1.82) is 0 Å². The maximum Gasteiger partial charge on any atom is 0.244 e. The number of aryl methyl sites for hydroxylation is 1. The average molecular weight is 279 g/mol. The molecule has 1 aromatic heterocycles. The van der Waals surface area contributed by atoms with Crippen LogP contribution in [0.5, 0.6) is 0 Å². The normalized spacial score (nSPS) is 11.9. The number of rotatable bonds is 6. The number of aromatic nitrogens is 2. The summed E-state index contributed by atoms with van der Waals surface area (Å²) in [7, 11) is 5.33. The molecule has 0 fully saturated rings. The van der Waals surface area contributed by atoms with Gasteiger partial charge in [0, 0.05) is 33.1 Å². The monoisotopic (exact) mass is 279 g/mol. The molecule has 1 heterocycles. The Morgan fingerprint density at radius 2 is 1.90 bits per heavy atom. The molecule has 0 radical (unpaired) electrons. The molecule has 0 aliphatic heterocycles. The van der Waals surface area contributed by atoms with Gasteiger partial charge in [-0.1, -0.05) is 6.92 Å². The third kappa shape index (κ3) is 3.82. The van der Waals surface area contributed by atoms with Crippen LogP contribution in [0.3, 0.4) is 0 Å². The molecule has 1 rings (SSSR count). The van der Waals surface area contributed by atoms with Crippen molar-refractivity contribution in [2.24, 2.45) is 0 Å². The van der Waals surface area contributed by atoms with Gasteiger partial charge in [-0.2, -0.15) is 0 Å². The molecular formula is C14H25N5O. The van der Waals surface area contributed by atoms with E-state index in [1.54, 1.807) is 19.0 Å². The molecule has 1 atom stereocenters. The summed E-state index contributed by atoms with van der Waals surface area (Å²) in [6, 6.07) is -0.321. The first kappa shape index (κ1) is 16.2. The summed E-state index contributed by atoms with van der Waals surface area (Å²) in [6.45, 7) is 5.87. The van der Waals surface area contributed by atoms with Gasteiger partial charge in [-0.25, -0.2) is 9.97 Å². The van der Waals surface area contributed by atoms with Gasteiger partial charge in [0.25, 0.3) is 0 Å². The summed E-state index contributed by atoms with van der Waals surface area (Å²) in [5.41, 5.74) is 0.922. The van der Waals surface area contributed by atoms with Gasteiger partial charge in [-0.05, 0) is 20.3 Å².